The molecular formula is C47H63N5O9. The molecule has 330 valence electrons. The van der Waals surface area contributed by atoms with Crippen molar-refractivity contribution >= 4 is 28.5 Å². The summed E-state index contributed by atoms with van der Waals surface area (Å²) in [4.78, 5) is 40.5. The second-order valence-corrected chi connectivity index (χ2v) is 18.7. The van der Waals surface area contributed by atoms with Gasteiger partial charge < -0.3 is 49.8 Å². The number of likely N-dealkylation sites (N-methyl/N-ethyl adjacent to an activating group) is 1. The van der Waals surface area contributed by atoms with Gasteiger partial charge in [-0.25, -0.2) is 0 Å². The van der Waals surface area contributed by atoms with Crippen LogP contribution in [0.4, 0.5) is 5.69 Å². The number of nitrogens with zero attached hydrogens (tertiary/aromatic N) is 3. The Hall–Kier alpha value is -4.02. The minimum absolute atomic E-state index is 0.0764. The van der Waals surface area contributed by atoms with Crippen LogP contribution in [0, 0.1) is 11.3 Å². The van der Waals surface area contributed by atoms with Crippen LogP contribution >= 0.6 is 0 Å². The number of fused-ring (bicyclic) bond motifs is 6. The van der Waals surface area contributed by atoms with Crippen molar-refractivity contribution in [1.29, 1.82) is 0 Å². The van der Waals surface area contributed by atoms with Crippen LogP contribution in [-0.4, -0.2) is 157 Å². The summed E-state index contributed by atoms with van der Waals surface area (Å²) in [5.41, 5.74) is -1.59. The van der Waals surface area contributed by atoms with Crippen LogP contribution in [0.3, 0.4) is 0 Å². The maximum atomic E-state index is 15.3. The predicted octanol–water partition coefficient (Wildman–Crippen LogP) is 2.37. The van der Waals surface area contributed by atoms with E-state index in [0.29, 0.717) is 82.6 Å². The molecule has 6 N–H and O–H groups in total. The Labute approximate surface area is 357 Å². The number of ether oxygens (including phenoxy) is 3. The molecule has 61 heavy (non-hydrogen) atoms. The van der Waals surface area contributed by atoms with E-state index >= 15 is 4.79 Å². The summed E-state index contributed by atoms with van der Waals surface area (Å²) in [7, 11) is 4.92. The molecule has 1 aromatic heterocycles. The highest BCUT2D eigenvalue weighted by Gasteiger charge is 2.78. The largest absolute Gasteiger partial charge is 0.496 e. The van der Waals surface area contributed by atoms with Gasteiger partial charge in [0.2, 0.25) is 0 Å². The first-order valence-electron chi connectivity index (χ1n) is 22.2. The molecule has 3 fully saturated rings. The van der Waals surface area contributed by atoms with Crippen molar-refractivity contribution < 1.29 is 44.2 Å². The summed E-state index contributed by atoms with van der Waals surface area (Å²) in [6.07, 6.45) is 5.72. The normalized spacial score (nSPS) is 36.3. The number of aliphatic hydroxyl groups is 4. The highest BCUT2D eigenvalue weighted by Crippen LogP contribution is 2.67. The van der Waals surface area contributed by atoms with E-state index in [-0.39, 0.29) is 38.3 Å². The van der Waals surface area contributed by atoms with Crippen LogP contribution in [0.2, 0.25) is 0 Å². The molecule has 9 rings (SSSR count). The van der Waals surface area contributed by atoms with Crippen LogP contribution in [-0.2, 0) is 36.3 Å². The van der Waals surface area contributed by atoms with Crippen molar-refractivity contribution in [3.05, 3.63) is 70.9 Å². The summed E-state index contributed by atoms with van der Waals surface area (Å²) in [6, 6.07) is 11.0. The van der Waals surface area contributed by atoms with Crippen molar-refractivity contribution in [3.63, 3.8) is 0 Å². The molecule has 1 saturated carbocycles. The Morgan fingerprint density at radius 3 is 2.56 bits per heavy atom. The second kappa shape index (κ2) is 15.4. The third kappa shape index (κ3) is 5.85. The number of carbonyl (C=O) groups is 2. The molecule has 5 aliphatic heterocycles. The Balaban J connectivity index is 1.30. The van der Waals surface area contributed by atoms with E-state index in [1.54, 1.807) is 7.11 Å². The van der Waals surface area contributed by atoms with Gasteiger partial charge in [-0.15, -0.1) is 0 Å². The standard InChI is InChI=1S/C47H63N5O9/c1-6-43(57)25-29-26-46(42(56)60-5,37-31(13-18-51(27-29)28-43)30-11-8-9-12-34(30)49-37)33-23-32-35(24-36(33)59-4)50(3)39-45(32)15-19-52-17-10-14-44(7-2,38(45)52)40(54)47(39,58)41(55)48-16-21-61-22-20-53/h8-12,14,23-24,29,38-40,49,53-54,57-58H,6-7,13,15-22,25-28H2,1-5H3,(H,48,55)/t29?,38-,39?,40+,43-,44+,45?,46-,47+/m0/s1. The second-order valence-electron chi connectivity index (χ2n) is 18.7. The van der Waals surface area contributed by atoms with Gasteiger partial charge in [0.05, 0.1) is 45.7 Å². The zero-order chi connectivity index (χ0) is 43.1. The van der Waals surface area contributed by atoms with Crippen molar-refractivity contribution in [1.82, 2.24) is 20.1 Å². The summed E-state index contributed by atoms with van der Waals surface area (Å²) in [5.74, 6) is -0.765. The Morgan fingerprint density at radius 1 is 1.02 bits per heavy atom. The number of esters is 1. The Kier molecular flexibility index (Phi) is 10.6. The van der Waals surface area contributed by atoms with E-state index in [4.69, 9.17) is 14.2 Å². The van der Waals surface area contributed by atoms with E-state index in [1.165, 1.54) is 7.11 Å². The van der Waals surface area contributed by atoms with E-state index < -0.39 is 51.5 Å². The van der Waals surface area contributed by atoms with Crippen LogP contribution < -0.4 is 15.0 Å². The molecule has 14 nitrogen and oxygen atoms in total. The van der Waals surface area contributed by atoms with Gasteiger partial charge in [-0.05, 0) is 74.2 Å². The average molecular weight is 842 g/mol. The summed E-state index contributed by atoms with van der Waals surface area (Å²) < 4.78 is 17.8. The minimum Gasteiger partial charge on any atom is -0.496 e. The summed E-state index contributed by atoms with van der Waals surface area (Å²) in [6.45, 7) is 7.50. The molecule has 10 atom stereocenters. The van der Waals surface area contributed by atoms with Crippen molar-refractivity contribution in [2.75, 3.05) is 85.3 Å². The molecule has 1 aliphatic carbocycles. The number of anilines is 1. The number of methoxy groups -OCH3 is 2. The zero-order valence-electron chi connectivity index (χ0n) is 36.2. The van der Waals surface area contributed by atoms with Crippen molar-refractivity contribution in [2.45, 2.75) is 92.6 Å². The quantitative estimate of drug-likeness (QED) is 0.0945. The lowest BCUT2D eigenvalue weighted by Crippen LogP contribution is -2.81. The van der Waals surface area contributed by atoms with Crippen molar-refractivity contribution in [3.8, 4) is 5.75 Å². The van der Waals surface area contributed by atoms with Crippen LogP contribution in [0.5, 0.6) is 5.75 Å². The molecule has 2 bridgehead atoms. The van der Waals surface area contributed by atoms with Crippen molar-refractivity contribution in [2.24, 2.45) is 11.3 Å². The van der Waals surface area contributed by atoms with Crippen LogP contribution in [0.15, 0.2) is 48.6 Å². The maximum Gasteiger partial charge on any atom is 0.322 e. The van der Waals surface area contributed by atoms with Gasteiger partial charge in [0.1, 0.15) is 17.3 Å². The first-order chi connectivity index (χ1) is 29.3. The number of benzene rings is 2. The fourth-order valence-electron chi connectivity index (χ4n) is 13.6. The lowest BCUT2D eigenvalue weighted by atomic mass is 9.47. The molecule has 3 aromatic rings. The van der Waals surface area contributed by atoms with E-state index in [2.05, 4.69) is 38.3 Å². The SMILES string of the molecule is CC[C@]1(O)CC2CN(CCc3c([nH]c4ccccc34)[C@@](C(=O)OC)(c3cc4c(cc3OC)N(C)C3C45CCN4CC=C[C@](CC)([C@H]45)[C@@H](O)[C@@]3(O)C(=O)NCCOCCO)C2)C1. The molecule has 1 amide bonds. The van der Waals surface area contributed by atoms with Gasteiger partial charge in [-0.2, -0.15) is 0 Å². The zero-order valence-corrected chi connectivity index (χ0v) is 36.2. The number of piperidine rings is 1. The van der Waals surface area contributed by atoms with Gasteiger partial charge in [0.25, 0.3) is 5.91 Å². The van der Waals surface area contributed by atoms with E-state index in [0.717, 1.165) is 33.4 Å². The van der Waals surface area contributed by atoms with E-state index in [9.17, 15) is 25.2 Å². The van der Waals surface area contributed by atoms with Gasteiger partial charge in [-0.1, -0.05) is 44.2 Å². The fraction of sp³-hybridized carbons (Fsp3) is 0.617. The lowest BCUT2D eigenvalue weighted by Gasteiger charge is -2.63. The number of amides is 1. The summed E-state index contributed by atoms with van der Waals surface area (Å²) in [5, 5.41) is 51.2. The highest BCUT2D eigenvalue weighted by atomic mass is 16.5. The Morgan fingerprint density at radius 2 is 1.82 bits per heavy atom. The molecule has 6 aliphatic rings. The first kappa shape index (κ1) is 42.3. The maximum absolute atomic E-state index is 15.3. The number of hydrogen-bond acceptors (Lipinski definition) is 12. The number of aromatic amines is 1. The number of rotatable bonds is 11. The van der Waals surface area contributed by atoms with Gasteiger partial charge >= 0.3 is 5.97 Å². The number of para-hydroxylation sites is 1. The van der Waals surface area contributed by atoms with Crippen LogP contribution in [0.1, 0.15) is 68.3 Å². The molecule has 1 spiro atoms. The first-order valence-corrected chi connectivity index (χ1v) is 22.2. The molecule has 14 heteroatoms. The highest BCUT2D eigenvalue weighted by molar-refractivity contribution is 5.95. The number of carbonyl (C=O) groups excluding carboxylic acids is 2. The predicted molar refractivity (Wildman–Crippen MR) is 230 cm³/mol. The lowest BCUT2D eigenvalue weighted by molar-refractivity contribution is -0.203. The number of aliphatic hydroxyl groups excluding tert-OH is 2. The van der Waals surface area contributed by atoms with Gasteiger partial charge in [0.15, 0.2) is 5.60 Å². The molecule has 6 heterocycles. The minimum atomic E-state index is -2.29. The third-order valence-electron chi connectivity index (χ3n) is 16.0. The smallest absolute Gasteiger partial charge is 0.322 e. The topological polar surface area (TPSA) is 180 Å². The fourth-order valence-corrected chi connectivity index (χ4v) is 13.6. The molecule has 4 unspecified atom stereocenters. The summed E-state index contributed by atoms with van der Waals surface area (Å²) >= 11 is 0. The molecular weight excluding hydrogens is 779 g/mol. The number of nitrogens with one attached hydrogen (secondary N) is 2. The van der Waals surface area contributed by atoms with Gasteiger partial charge in [0, 0.05) is 90.6 Å². The molecule has 2 aromatic carbocycles. The monoisotopic (exact) mass is 841 g/mol. The molecule has 0 radical (unpaired) electrons. The van der Waals surface area contributed by atoms with Gasteiger partial charge in [-0.3, -0.25) is 19.4 Å². The number of hydrogen-bond donors (Lipinski definition) is 6. The van der Waals surface area contributed by atoms with E-state index in [1.807, 2.05) is 56.1 Å². The third-order valence-corrected chi connectivity index (χ3v) is 16.0. The van der Waals surface area contributed by atoms with Crippen LogP contribution in [0.25, 0.3) is 10.9 Å². The molecule has 2 saturated heterocycles. The number of aromatic nitrogens is 1. The number of H-pyrrole nitrogens is 1. The average Bonchev–Trinajstić information content (AvgIpc) is 3.93. The Bertz CT molecular complexity index is 2230.